The molecule has 36 heavy (non-hydrogen) atoms. The lowest BCUT2D eigenvalue weighted by atomic mass is 9.92. The fourth-order valence-electron chi connectivity index (χ4n) is 4.28. The molecule has 190 valence electrons. The second kappa shape index (κ2) is 9.94. The topological polar surface area (TPSA) is 111 Å². The van der Waals surface area contributed by atoms with Crippen LogP contribution in [0.4, 0.5) is 14.9 Å². The number of hydrogen-bond acceptors (Lipinski definition) is 6. The molecule has 4 rings (SSSR count). The Morgan fingerprint density at radius 1 is 1.08 bits per heavy atom. The number of urea groups is 1. The molecule has 2 saturated heterocycles. The maximum atomic E-state index is 13.3. The molecule has 2 fully saturated rings. The number of carbonyl (C=O) groups excluding carboxylic acids is 4. The SMILES string of the molecule is COc1ccc(C(=O)N2CCN(C)CC2)cc1NC(=O)CN1C(=O)NC(C)(c2ccc(F)cc2)C1=O. The number of hydrogen-bond donors (Lipinski definition) is 2. The van der Waals surface area contributed by atoms with Crippen LogP contribution in [0.2, 0.25) is 0 Å². The Morgan fingerprint density at radius 3 is 2.39 bits per heavy atom. The molecule has 0 aromatic heterocycles. The van der Waals surface area contributed by atoms with Crippen molar-refractivity contribution in [3.05, 3.63) is 59.4 Å². The molecule has 11 heteroatoms. The molecule has 0 spiro atoms. The van der Waals surface area contributed by atoms with Crippen molar-refractivity contribution in [1.29, 1.82) is 0 Å². The van der Waals surface area contributed by atoms with Crippen LogP contribution >= 0.6 is 0 Å². The van der Waals surface area contributed by atoms with Crippen LogP contribution in [0.3, 0.4) is 0 Å². The van der Waals surface area contributed by atoms with Gasteiger partial charge >= 0.3 is 6.03 Å². The van der Waals surface area contributed by atoms with E-state index < -0.39 is 35.7 Å². The first-order valence-electron chi connectivity index (χ1n) is 11.5. The summed E-state index contributed by atoms with van der Waals surface area (Å²) in [5.41, 5.74) is -0.412. The molecule has 0 radical (unpaired) electrons. The largest absolute Gasteiger partial charge is 0.495 e. The van der Waals surface area contributed by atoms with Crippen molar-refractivity contribution in [3.8, 4) is 5.75 Å². The summed E-state index contributed by atoms with van der Waals surface area (Å²) in [4.78, 5) is 56.1. The number of ether oxygens (including phenoxy) is 1. The minimum absolute atomic E-state index is 0.162. The van der Waals surface area contributed by atoms with Gasteiger partial charge in [0.15, 0.2) is 0 Å². The first kappa shape index (κ1) is 25.1. The van der Waals surface area contributed by atoms with Crippen LogP contribution in [0.1, 0.15) is 22.8 Å². The molecule has 2 N–H and O–H groups in total. The van der Waals surface area contributed by atoms with Gasteiger partial charge in [-0.05, 0) is 49.9 Å². The monoisotopic (exact) mass is 497 g/mol. The van der Waals surface area contributed by atoms with Crippen LogP contribution in [0.5, 0.6) is 5.75 Å². The molecule has 2 aliphatic heterocycles. The van der Waals surface area contributed by atoms with Gasteiger partial charge < -0.3 is 25.2 Å². The number of likely N-dealkylation sites (N-methyl/N-ethyl adjacent to an activating group) is 1. The van der Waals surface area contributed by atoms with E-state index in [4.69, 9.17) is 4.74 Å². The van der Waals surface area contributed by atoms with Crippen molar-refractivity contribution >= 4 is 29.4 Å². The van der Waals surface area contributed by atoms with Crippen LogP contribution in [0.15, 0.2) is 42.5 Å². The molecule has 0 aliphatic carbocycles. The second-order valence-electron chi connectivity index (χ2n) is 9.01. The predicted molar refractivity (Wildman–Crippen MR) is 129 cm³/mol. The summed E-state index contributed by atoms with van der Waals surface area (Å²) in [6.45, 7) is 3.68. The van der Waals surface area contributed by atoms with Gasteiger partial charge in [0.25, 0.3) is 11.8 Å². The van der Waals surface area contributed by atoms with Gasteiger partial charge in [-0.2, -0.15) is 0 Å². The zero-order chi connectivity index (χ0) is 26.0. The number of nitrogens with zero attached hydrogens (tertiary/aromatic N) is 3. The van der Waals surface area contributed by atoms with Crippen LogP contribution < -0.4 is 15.4 Å². The standard InChI is InChI=1S/C25H28FN5O5/c1-25(17-5-7-18(26)8-6-17)23(34)31(24(35)28-25)15-21(32)27-19-14-16(4-9-20(19)36-3)22(33)30-12-10-29(2)11-13-30/h4-9,14H,10-13,15H2,1-3H3,(H,27,32)(H,28,35). The van der Waals surface area contributed by atoms with Crippen LogP contribution in [-0.2, 0) is 15.1 Å². The highest BCUT2D eigenvalue weighted by molar-refractivity contribution is 6.10. The summed E-state index contributed by atoms with van der Waals surface area (Å²) in [5.74, 6) is -1.60. The third-order valence-electron chi connectivity index (χ3n) is 6.51. The van der Waals surface area contributed by atoms with Crippen LogP contribution in [0.25, 0.3) is 0 Å². The number of anilines is 1. The lowest BCUT2D eigenvalue weighted by molar-refractivity contribution is -0.133. The van der Waals surface area contributed by atoms with Gasteiger partial charge in [0.05, 0.1) is 12.8 Å². The minimum Gasteiger partial charge on any atom is -0.495 e. The summed E-state index contributed by atoms with van der Waals surface area (Å²) >= 11 is 0. The van der Waals surface area contributed by atoms with Gasteiger partial charge in [0.2, 0.25) is 5.91 Å². The van der Waals surface area contributed by atoms with Crippen molar-refractivity contribution in [3.63, 3.8) is 0 Å². The maximum absolute atomic E-state index is 13.3. The highest BCUT2D eigenvalue weighted by atomic mass is 19.1. The third-order valence-corrected chi connectivity index (χ3v) is 6.51. The molecule has 1 atom stereocenters. The highest BCUT2D eigenvalue weighted by Crippen LogP contribution is 2.30. The number of piperazine rings is 1. The summed E-state index contributed by atoms with van der Waals surface area (Å²) in [6, 6.07) is 9.18. The zero-order valence-electron chi connectivity index (χ0n) is 20.3. The van der Waals surface area contributed by atoms with Gasteiger partial charge in [-0.1, -0.05) is 12.1 Å². The van der Waals surface area contributed by atoms with Crippen molar-refractivity contribution in [2.24, 2.45) is 0 Å². The number of amides is 5. The molecule has 0 saturated carbocycles. The van der Waals surface area contributed by atoms with Gasteiger partial charge in [0, 0.05) is 31.7 Å². The smallest absolute Gasteiger partial charge is 0.325 e. The van der Waals surface area contributed by atoms with E-state index in [0.29, 0.717) is 30.0 Å². The molecule has 2 aliphatic rings. The first-order chi connectivity index (χ1) is 17.1. The lowest BCUT2D eigenvalue weighted by Crippen LogP contribution is -2.47. The van der Waals surface area contributed by atoms with Gasteiger partial charge in [-0.3, -0.25) is 19.3 Å². The van der Waals surface area contributed by atoms with Gasteiger partial charge in [-0.25, -0.2) is 9.18 Å². The van der Waals surface area contributed by atoms with Gasteiger partial charge in [0.1, 0.15) is 23.7 Å². The molecule has 1 unspecified atom stereocenters. The Balaban J connectivity index is 1.47. The second-order valence-corrected chi connectivity index (χ2v) is 9.01. The van der Waals surface area contributed by atoms with E-state index in [1.165, 1.54) is 44.4 Å². The Hall–Kier alpha value is -3.99. The van der Waals surface area contributed by atoms with Crippen molar-refractivity contribution < 1.29 is 28.3 Å². The number of rotatable bonds is 6. The fraction of sp³-hybridized carbons (Fsp3) is 0.360. The Kier molecular flexibility index (Phi) is 6.93. The fourth-order valence-corrected chi connectivity index (χ4v) is 4.28. The Bertz CT molecular complexity index is 1200. The molecule has 5 amide bonds. The van der Waals surface area contributed by atoms with Crippen LogP contribution in [-0.4, -0.2) is 85.3 Å². The Morgan fingerprint density at radius 2 is 1.75 bits per heavy atom. The summed E-state index contributed by atoms with van der Waals surface area (Å²) in [6.07, 6.45) is 0. The molecule has 2 heterocycles. The Labute approximate surface area is 208 Å². The molecule has 2 aromatic carbocycles. The number of nitrogens with one attached hydrogen (secondary N) is 2. The first-order valence-corrected chi connectivity index (χ1v) is 11.5. The quantitative estimate of drug-likeness (QED) is 0.587. The van der Waals surface area contributed by atoms with E-state index in [2.05, 4.69) is 15.5 Å². The van der Waals surface area contributed by atoms with Crippen molar-refractivity contribution in [2.75, 3.05) is 52.2 Å². The summed E-state index contributed by atoms with van der Waals surface area (Å²) in [5, 5.41) is 5.22. The summed E-state index contributed by atoms with van der Waals surface area (Å²) in [7, 11) is 3.43. The van der Waals surface area contributed by atoms with E-state index in [0.717, 1.165) is 18.0 Å². The van der Waals surface area contributed by atoms with Crippen molar-refractivity contribution in [2.45, 2.75) is 12.5 Å². The molecular formula is C25H28FN5O5. The summed E-state index contributed by atoms with van der Waals surface area (Å²) < 4.78 is 18.6. The predicted octanol–water partition coefficient (Wildman–Crippen LogP) is 1.63. The third kappa shape index (κ3) is 4.87. The lowest BCUT2D eigenvalue weighted by Gasteiger charge is -2.32. The zero-order valence-corrected chi connectivity index (χ0v) is 20.3. The average Bonchev–Trinajstić information content (AvgIpc) is 3.08. The van der Waals surface area contributed by atoms with E-state index in [1.54, 1.807) is 17.0 Å². The number of halogens is 1. The number of carbonyl (C=O) groups is 4. The number of benzene rings is 2. The van der Waals surface area contributed by atoms with Gasteiger partial charge in [-0.15, -0.1) is 0 Å². The van der Waals surface area contributed by atoms with Crippen molar-refractivity contribution in [1.82, 2.24) is 20.0 Å². The molecule has 2 aromatic rings. The van der Waals surface area contributed by atoms with Crippen LogP contribution in [0, 0.1) is 5.82 Å². The highest BCUT2D eigenvalue weighted by Gasteiger charge is 2.49. The number of imide groups is 1. The van der Waals surface area contributed by atoms with E-state index in [1.807, 2.05) is 7.05 Å². The van der Waals surface area contributed by atoms with E-state index in [9.17, 15) is 23.6 Å². The maximum Gasteiger partial charge on any atom is 0.325 e. The van der Waals surface area contributed by atoms with E-state index >= 15 is 0 Å². The normalized spacial score (nSPS) is 20.3. The molecule has 10 nitrogen and oxygen atoms in total. The van der Waals surface area contributed by atoms with E-state index in [-0.39, 0.29) is 11.6 Å². The minimum atomic E-state index is -1.43. The average molecular weight is 498 g/mol. The molecule has 0 bridgehead atoms. The molecular weight excluding hydrogens is 469 g/mol. The number of methoxy groups -OCH3 is 1.